The highest BCUT2D eigenvalue weighted by Crippen LogP contribution is 2.54. The van der Waals surface area contributed by atoms with E-state index in [9.17, 15) is 9.50 Å². The Bertz CT molecular complexity index is 1340. The second kappa shape index (κ2) is 7.39. The number of aliphatic hydroxyl groups is 1. The van der Waals surface area contributed by atoms with Crippen LogP contribution in [-0.2, 0) is 6.54 Å². The molecule has 0 spiro atoms. The van der Waals surface area contributed by atoms with Gasteiger partial charge in [0.2, 0.25) is 0 Å². The molecular formula is C27H25FN2OS. The molecule has 1 fully saturated rings. The molecule has 1 saturated carbocycles. The predicted molar refractivity (Wildman–Crippen MR) is 128 cm³/mol. The summed E-state index contributed by atoms with van der Waals surface area (Å²) >= 11 is 1.71. The lowest BCUT2D eigenvalue weighted by Crippen LogP contribution is -2.42. The van der Waals surface area contributed by atoms with Crippen LogP contribution in [0, 0.1) is 17.2 Å². The van der Waals surface area contributed by atoms with E-state index >= 15 is 0 Å². The fourth-order valence-corrected chi connectivity index (χ4v) is 6.77. The molecule has 4 aromatic rings. The third kappa shape index (κ3) is 2.99. The SMILES string of the molecule is C[C@]12Cn3cnc(-c4ccc(F)cc4)c3C=C1CCC[C@@H]2[C@@H](O)c1csc2ccccc12. The van der Waals surface area contributed by atoms with E-state index in [4.69, 9.17) is 0 Å². The van der Waals surface area contributed by atoms with Crippen LogP contribution in [0.4, 0.5) is 4.39 Å². The third-order valence-corrected chi connectivity index (χ3v) is 8.51. The number of aromatic nitrogens is 2. The van der Waals surface area contributed by atoms with Crippen LogP contribution in [0.5, 0.6) is 0 Å². The van der Waals surface area contributed by atoms with E-state index in [0.29, 0.717) is 0 Å². The Morgan fingerprint density at radius 2 is 2.00 bits per heavy atom. The molecule has 2 aromatic heterocycles. The topological polar surface area (TPSA) is 38.0 Å². The average Bonchev–Trinajstić information content (AvgIpc) is 3.41. The van der Waals surface area contributed by atoms with Gasteiger partial charge in [-0.25, -0.2) is 9.37 Å². The van der Waals surface area contributed by atoms with Crippen LogP contribution in [0.2, 0.25) is 0 Å². The van der Waals surface area contributed by atoms with Crippen LogP contribution in [0.1, 0.15) is 43.5 Å². The molecule has 3 heterocycles. The molecule has 0 radical (unpaired) electrons. The summed E-state index contributed by atoms with van der Waals surface area (Å²) < 4.78 is 16.8. The van der Waals surface area contributed by atoms with Crippen molar-refractivity contribution in [1.82, 2.24) is 9.55 Å². The first-order valence-electron chi connectivity index (χ1n) is 11.2. The minimum atomic E-state index is -0.499. The van der Waals surface area contributed by atoms with Crippen molar-refractivity contribution in [2.24, 2.45) is 11.3 Å². The Kier molecular flexibility index (Phi) is 4.60. The predicted octanol–water partition coefficient (Wildman–Crippen LogP) is 6.84. The van der Waals surface area contributed by atoms with E-state index in [1.807, 2.05) is 6.33 Å². The minimum absolute atomic E-state index is 0.130. The van der Waals surface area contributed by atoms with E-state index in [2.05, 4.69) is 52.2 Å². The van der Waals surface area contributed by atoms with E-state index < -0.39 is 6.10 Å². The van der Waals surface area contributed by atoms with Crippen LogP contribution < -0.4 is 0 Å². The highest BCUT2D eigenvalue weighted by Gasteiger charge is 2.46. The van der Waals surface area contributed by atoms with Gasteiger partial charge in [0.05, 0.1) is 23.8 Å². The fourth-order valence-electron chi connectivity index (χ4n) is 5.78. The van der Waals surface area contributed by atoms with Crippen molar-refractivity contribution >= 4 is 27.5 Å². The van der Waals surface area contributed by atoms with Crippen molar-refractivity contribution in [3.63, 3.8) is 0 Å². The van der Waals surface area contributed by atoms with Crippen molar-refractivity contribution < 1.29 is 9.50 Å². The van der Waals surface area contributed by atoms with E-state index in [-0.39, 0.29) is 17.2 Å². The van der Waals surface area contributed by atoms with Crippen LogP contribution in [-0.4, -0.2) is 14.7 Å². The number of fused-ring (bicyclic) bond motifs is 3. The molecule has 0 amide bonds. The highest BCUT2D eigenvalue weighted by atomic mass is 32.1. The highest BCUT2D eigenvalue weighted by molar-refractivity contribution is 7.17. The monoisotopic (exact) mass is 444 g/mol. The molecule has 6 rings (SSSR count). The molecule has 0 bridgehead atoms. The zero-order valence-corrected chi connectivity index (χ0v) is 18.8. The van der Waals surface area contributed by atoms with Crippen molar-refractivity contribution in [1.29, 1.82) is 0 Å². The lowest BCUT2D eigenvalue weighted by molar-refractivity contribution is 0.0134. The number of aliphatic hydroxyl groups excluding tert-OH is 1. The summed E-state index contributed by atoms with van der Waals surface area (Å²) in [5, 5.41) is 14.9. The van der Waals surface area contributed by atoms with Gasteiger partial charge >= 0.3 is 0 Å². The molecule has 1 aliphatic carbocycles. The van der Waals surface area contributed by atoms with Crippen molar-refractivity contribution in [2.45, 2.75) is 38.8 Å². The number of hydrogen-bond donors (Lipinski definition) is 1. The van der Waals surface area contributed by atoms with Gasteiger partial charge in [-0.1, -0.05) is 30.7 Å². The molecule has 3 nitrogen and oxygen atoms in total. The first-order chi connectivity index (χ1) is 15.5. The lowest BCUT2D eigenvalue weighted by atomic mass is 9.60. The Hall–Kier alpha value is -2.76. The summed E-state index contributed by atoms with van der Waals surface area (Å²) in [4.78, 5) is 4.68. The molecule has 5 heteroatoms. The number of nitrogens with zero attached hydrogens (tertiary/aromatic N) is 2. The summed E-state index contributed by atoms with van der Waals surface area (Å²) in [5.41, 5.74) is 5.23. The maximum Gasteiger partial charge on any atom is 0.123 e. The van der Waals surface area contributed by atoms with Crippen LogP contribution in [0.25, 0.3) is 27.4 Å². The van der Waals surface area contributed by atoms with Gasteiger partial charge in [0, 0.05) is 22.2 Å². The first kappa shape index (κ1) is 19.9. The van der Waals surface area contributed by atoms with Gasteiger partial charge in [-0.3, -0.25) is 0 Å². The van der Waals surface area contributed by atoms with E-state index in [0.717, 1.165) is 48.3 Å². The molecule has 0 saturated heterocycles. The number of imidazole rings is 1. The number of hydrogen-bond acceptors (Lipinski definition) is 3. The van der Waals surface area contributed by atoms with Gasteiger partial charge < -0.3 is 9.67 Å². The number of halogens is 1. The summed E-state index contributed by atoms with van der Waals surface area (Å²) in [6.45, 7) is 3.10. The summed E-state index contributed by atoms with van der Waals surface area (Å²) in [6, 6.07) is 14.9. The third-order valence-electron chi connectivity index (χ3n) is 7.53. The maximum absolute atomic E-state index is 13.4. The molecule has 1 aliphatic heterocycles. The van der Waals surface area contributed by atoms with Gasteiger partial charge in [-0.15, -0.1) is 11.3 Å². The first-order valence-corrected chi connectivity index (χ1v) is 12.1. The van der Waals surface area contributed by atoms with Crippen molar-refractivity contribution in [3.8, 4) is 11.3 Å². The Morgan fingerprint density at radius 1 is 1.19 bits per heavy atom. The summed E-state index contributed by atoms with van der Waals surface area (Å²) in [6.07, 6.45) is 6.79. The van der Waals surface area contributed by atoms with Gasteiger partial charge in [0.15, 0.2) is 0 Å². The number of allylic oxidation sites excluding steroid dienone is 1. The molecule has 162 valence electrons. The quantitative estimate of drug-likeness (QED) is 0.376. The number of rotatable bonds is 3. The molecule has 2 aromatic carbocycles. The zero-order valence-electron chi connectivity index (χ0n) is 18.0. The van der Waals surface area contributed by atoms with E-state index in [1.54, 1.807) is 23.5 Å². The largest absolute Gasteiger partial charge is 0.388 e. The standard InChI is InChI=1S/C27H25FN2OS/c1-27-15-30-16-29-25(17-9-11-19(28)12-10-17)23(30)13-18(27)5-4-7-22(27)26(31)21-14-32-24-8-3-2-6-20(21)24/h2-3,6,8-14,16,22,26,31H,4-5,7,15H2,1H3/t22-,26+,27+/m1/s1. The second-order valence-corrected chi connectivity index (χ2v) is 10.2. The summed E-state index contributed by atoms with van der Waals surface area (Å²) in [5.74, 6) is -0.0943. The normalized spacial score (nSPS) is 23.5. The number of benzene rings is 2. The maximum atomic E-state index is 13.4. The molecule has 1 N–H and O–H groups in total. The van der Waals surface area contributed by atoms with Crippen LogP contribution in [0.15, 0.2) is 65.8 Å². The Labute approximate surface area is 190 Å². The summed E-state index contributed by atoms with van der Waals surface area (Å²) in [7, 11) is 0. The van der Waals surface area contributed by atoms with Gasteiger partial charge in [0.1, 0.15) is 5.82 Å². The second-order valence-electron chi connectivity index (χ2n) is 9.33. The van der Waals surface area contributed by atoms with Gasteiger partial charge in [0.25, 0.3) is 0 Å². The fraction of sp³-hybridized carbons (Fsp3) is 0.296. The minimum Gasteiger partial charge on any atom is -0.388 e. The molecule has 0 unspecified atom stereocenters. The zero-order chi connectivity index (χ0) is 21.9. The van der Waals surface area contributed by atoms with Crippen molar-refractivity contribution in [3.05, 3.63) is 82.9 Å². The van der Waals surface area contributed by atoms with Crippen LogP contribution >= 0.6 is 11.3 Å². The van der Waals surface area contributed by atoms with Crippen molar-refractivity contribution in [2.75, 3.05) is 0 Å². The number of thiophene rings is 1. The lowest BCUT2D eigenvalue weighted by Gasteiger charge is -2.48. The Morgan fingerprint density at radius 3 is 2.84 bits per heavy atom. The molecular weight excluding hydrogens is 419 g/mol. The molecule has 32 heavy (non-hydrogen) atoms. The molecule has 2 aliphatic rings. The van der Waals surface area contributed by atoms with Gasteiger partial charge in [-0.2, -0.15) is 0 Å². The Balaban J connectivity index is 1.39. The average molecular weight is 445 g/mol. The van der Waals surface area contributed by atoms with E-state index in [1.165, 1.54) is 27.8 Å². The smallest absolute Gasteiger partial charge is 0.123 e. The van der Waals surface area contributed by atoms with Gasteiger partial charge in [-0.05, 0) is 77.9 Å². The molecule has 3 atom stereocenters. The van der Waals surface area contributed by atoms with Crippen LogP contribution in [0.3, 0.4) is 0 Å².